The Kier molecular flexibility index (Phi) is 8.70. The highest BCUT2D eigenvalue weighted by Crippen LogP contribution is 2.45. The van der Waals surface area contributed by atoms with Gasteiger partial charge in [-0.3, -0.25) is 19.0 Å². The van der Waals surface area contributed by atoms with Crippen LogP contribution in [0.1, 0.15) is 88.1 Å². The summed E-state index contributed by atoms with van der Waals surface area (Å²) in [5, 5.41) is 0.874. The Balaban J connectivity index is 0.820. The monoisotopic (exact) mass is 755 g/mol. The predicted molar refractivity (Wildman–Crippen MR) is 204 cm³/mol. The van der Waals surface area contributed by atoms with Gasteiger partial charge in [-0.25, -0.2) is 13.7 Å². The Labute approximate surface area is 317 Å². The van der Waals surface area contributed by atoms with Crippen molar-refractivity contribution in [2.45, 2.75) is 82.1 Å². The maximum atomic E-state index is 15.2. The number of aromatic nitrogens is 2. The Morgan fingerprint density at radius 1 is 0.926 bits per heavy atom. The van der Waals surface area contributed by atoms with Gasteiger partial charge < -0.3 is 14.5 Å². The molecule has 54 heavy (non-hydrogen) atoms. The molecule has 1 atom stereocenters. The Hall–Kier alpha value is -4.19. The lowest BCUT2D eigenvalue weighted by atomic mass is 9.82. The van der Waals surface area contributed by atoms with E-state index >= 15 is 8.78 Å². The molecular weight excluding hydrogens is 712 g/mol. The summed E-state index contributed by atoms with van der Waals surface area (Å²) in [4.78, 5) is 47.5. The van der Waals surface area contributed by atoms with E-state index in [1.807, 2.05) is 17.0 Å². The van der Waals surface area contributed by atoms with Gasteiger partial charge in [0.25, 0.3) is 5.56 Å². The summed E-state index contributed by atoms with van der Waals surface area (Å²) in [6.45, 7) is 9.18. The highest BCUT2D eigenvalue weighted by Gasteiger charge is 2.44. The molecule has 5 aliphatic rings. The van der Waals surface area contributed by atoms with Crippen LogP contribution < -0.4 is 15.4 Å². The second-order valence-electron chi connectivity index (χ2n) is 16.5. The first-order valence-corrected chi connectivity index (χ1v) is 19.6. The molecule has 282 valence electrons. The zero-order valence-electron chi connectivity index (χ0n) is 30.7. The fraction of sp³-hybridized carbons (Fsp3) is 0.476. The number of hydrogen-bond acceptors (Lipinski definition) is 7. The second kappa shape index (κ2) is 13.2. The zero-order valence-corrected chi connectivity index (χ0v) is 31.4. The van der Waals surface area contributed by atoms with Gasteiger partial charge in [0.15, 0.2) is 11.6 Å². The highest BCUT2D eigenvalue weighted by atomic mass is 35.5. The van der Waals surface area contributed by atoms with E-state index in [0.717, 1.165) is 74.3 Å². The van der Waals surface area contributed by atoms with Crippen molar-refractivity contribution in [1.29, 1.82) is 0 Å². The number of ether oxygens (including phenoxy) is 1. The maximum absolute atomic E-state index is 15.2. The Morgan fingerprint density at radius 2 is 1.63 bits per heavy atom. The summed E-state index contributed by atoms with van der Waals surface area (Å²) in [7, 11) is 0. The van der Waals surface area contributed by atoms with Gasteiger partial charge in [-0.05, 0) is 119 Å². The van der Waals surface area contributed by atoms with Gasteiger partial charge in [-0.2, -0.15) is 4.98 Å². The van der Waals surface area contributed by atoms with E-state index < -0.39 is 34.6 Å². The topological polar surface area (TPSA) is 88.0 Å². The van der Waals surface area contributed by atoms with Gasteiger partial charge in [0.05, 0.1) is 39.2 Å². The summed E-state index contributed by atoms with van der Waals surface area (Å²) in [6, 6.07) is 14.9. The standard InChI is InChI=1S/C42H44ClF2N5O4/c1-41(2)29-10-9-27(19-34(29)49-33-6-3-5-30(43)37(33)39(53)46-40(41)49)26-11-15-47(16-12-26)23-25-22-42(54-24-25)13-17-48(18-14-42)28-20-31(44)38(32(45)21-28)50-35(51)7-4-8-36(50)52/h3,5-6,9-10,19-21,25-26H,4,7-8,11-18,22-24H2,1-2H3. The smallest absolute Gasteiger partial charge is 0.282 e. The summed E-state index contributed by atoms with van der Waals surface area (Å²) in [6.07, 6.45) is 5.22. The van der Waals surface area contributed by atoms with Gasteiger partial charge in [-0.1, -0.05) is 29.8 Å². The van der Waals surface area contributed by atoms with Crippen molar-refractivity contribution >= 4 is 45.7 Å². The molecule has 0 radical (unpaired) electrons. The zero-order chi connectivity index (χ0) is 37.5. The lowest BCUT2D eigenvalue weighted by molar-refractivity contribution is -0.129. The number of imide groups is 1. The first kappa shape index (κ1) is 35.5. The number of halogens is 3. The van der Waals surface area contributed by atoms with Crippen LogP contribution in [0.15, 0.2) is 53.3 Å². The number of carbonyl (C=O) groups is 2. The first-order chi connectivity index (χ1) is 25.9. The third-order valence-corrected chi connectivity index (χ3v) is 13.1. The van der Waals surface area contributed by atoms with Crippen LogP contribution in [0.25, 0.3) is 16.6 Å². The molecule has 6 heterocycles. The minimum absolute atomic E-state index is 0.0993. The van der Waals surface area contributed by atoms with Crippen LogP contribution in [-0.4, -0.2) is 71.2 Å². The normalized spacial score (nSPS) is 22.7. The average Bonchev–Trinajstić information content (AvgIpc) is 3.63. The number of hydrogen-bond donors (Lipinski definition) is 0. The maximum Gasteiger partial charge on any atom is 0.282 e. The quantitative estimate of drug-likeness (QED) is 0.198. The van der Waals surface area contributed by atoms with Crippen LogP contribution in [0, 0.1) is 17.6 Å². The number of fused-ring (bicyclic) bond motifs is 5. The molecule has 1 aromatic heterocycles. The highest BCUT2D eigenvalue weighted by molar-refractivity contribution is 6.35. The molecule has 9 nitrogen and oxygen atoms in total. The molecule has 0 N–H and O–H groups in total. The molecule has 0 saturated carbocycles. The van der Waals surface area contributed by atoms with Crippen molar-refractivity contribution < 1.29 is 23.1 Å². The molecule has 2 amide bonds. The number of rotatable bonds is 5. The van der Waals surface area contributed by atoms with E-state index in [4.69, 9.17) is 16.3 Å². The number of benzene rings is 3. The second-order valence-corrected chi connectivity index (χ2v) is 16.9. The Bertz CT molecular complexity index is 2220. The molecule has 9 rings (SSSR count). The fourth-order valence-corrected chi connectivity index (χ4v) is 10.1. The molecule has 5 aliphatic heterocycles. The predicted octanol–water partition coefficient (Wildman–Crippen LogP) is 7.26. The van der Waals surface area contributed by atoms with Crippen molar-refractivity contribution in [2.24, 2.45) is 5.92 Å². The molecule has 12 heteroatoms. The van der Waals surface area contributed by atoms with Gasteiger partial charge in [0.1, 0.15) is 11.5 Å². The number of anilines is 2. The summed E-state index contributed by atoms with van der Waals surface area (Å²) < 4.78 is 39.1. The van der Waals surface area contributed by atoms with Crippen molar-refractivity contribution in [3.63, 3.8) is 0 Å². The minimum Gasteiger partial charge on any atom is -0.375 e. The molecule has 4 saturated heterocycles. The van der Waals surface area contributed by atoms with Crippen LogP contribution in [0.2, 0.25) is 5.02 Å². The van der Waals surface area contributed by atoms with Gasteiger partial charge >= 0.3 is 0 Å². The number of carbonyl (C=O) groups excluding carboxylic acids is 2. The number of nitrogens with zero attached hydrogens (tertiary/aromatic N) is 5. The number of piperidine rings is 3. The van der Waals surface area contributed by atoms with Crippen molar-refractivity contribution in [3.8, 4) is 5.69 Å². The molecule has 4 fully saturated rings. The van der Waals surface area contributed by atoms with Crippen LogP contribution in [-0.2, 0) is 19.7 Å². The van der Waals surface area contributed by atoms with Crippen molar-refractivity contribution in [1.82, 2.24) is 14.5 Å². The van der Waals surface area contributed by atoms with E-state index in [1.54, 1.807) is 6.07 Å². The van der Waals surface area contributed by atoms with E-state index in [2.05, 4.69) is 46.5 Å². The molecule has 0 aliphatic carbocycles. The molecular formula is C42H44ClF2N5O4. The molecule has 1 spiro atoms. The van der Waals surface area contributed by atoms with E-state index in [-0.39, 0.29) is 24.0 Å². The lowest BCUT2D eigenvalue weighted by Crippen LogP contribution is -2.45. The van der Waals surface area contributed by atoms with E-state index in [9.17, 15) is 14.4 Å². The van der Waals surface area contributed by atoms with E-state index in [1.165, 1.54) is 17.7 Å². The molecule has 4 aromatic rings. The van der Waals surface area contributed by atoms with Crippen LogP contribution in [0.4, 0.5) is 20.2 Å². The molecule has 3 aromatic carbocycles. The summed E-state index contributed by atoms with van der Waals surface area (Å²) in [5.74, 6) is -1.32. The largest absolute Gasteiger partial charge is 0.375 e. The summed E-state index contributed by atoms with van der Waals surface area (Å²) in [5.41, 5.74) is 3.25. The van der Waals surface area contributed by atoms with Crippen LogP contribution in [0.3, 0.4) is 0 Å². The number of amides is 2. The molecule has 0 bridgehead atoms. The molecule has 1 unspecified atom stereocenters. The van der Waals surface area contributed by atoms with Gasteiger partial charge in [0, 0.05) is 38.2 Å². The van der Waals surface area contributed by atoms with E-state index in [0.29, 0.717) is 58.9 Å². The lowest BCUT2D eigenvalue weighted by Gasteiger charge is -2.40. The fourth-order valence-electron chi connectivity index (χ4n) is 9.87. The third-order valence-electron chi connectivity index (χ3n) is 12.8. The Morgan fingerprint density at radius 3 is 2.33 bits per heavy atom. The summed E-state index contributed by atoms with van der Waals surface area (Å²) >= 11 is 6.49. The number of likely N-dealkylation sites (tertiary alicyclic amines) is 1. The van der Waals surface area contributed by atoms with Crippen LogP contribution >= 0.6 is 11.6 Å². The SMILES string of the molecule is CC1(C)c2ccc(C3CCN(CC4COC5(CCN(c6cc(F)c(N7C(=O)CCCC7=O)c(F)c6)CC5)C4)CC3)cc2-n2c1nc(=O)c1c(Cl)cccc12. The van der Waals surface area contributed by atoms with Crippen molar-refractivity contribution in [3.05, 3.63) is 92.5 Å². The van der Waals surface area contributed by atoms with Crippen molar-refractivity contribution in [2.75, 3.05) is 49.1 Å². The first-order valence-electron chi connectivity index (χ1n) is 19.3. The van der Waals surface area contributed by atoms with Crippen LogP contribution in [0.5, 0.6) is 0 Å². The average molecular weight is 756 g/mol. The third kappa shape index (κ3) is 5.85. The van der Waals surface area contributed by atoms with Gasteiger partial charge in [0.2, 0.25) is 11.8 Å². The van der Waals surface area contributed by atoms with Gasteiger partial charge in [-0.15, -0.1) is 0 Å². The minimum atomic E-state index is -0.894.